The normalized spacial score (nSPS) is 11.5. The van der Waals surface area contributed by atoms with Gasteiger partial charge in [-0.05, 0) is 17.7 Å². The molecule has 0 fully saturated rings. The third kappa shape index (κ3) is 2.90. The summed E-state index contributed by atoms with van der Waals surface area (Å²) in [6.45, 7) is 0. The van der Waals surface area contributed by atoms with E-state index in [0.717, 1.165) is 12.1 Å². The molecular weight excluding hydrogens is 272 g/mol. The first-order valence-electron chi connectivity index (χ1n) is 5.41. The van der Waals surface area contributed by atoms with Gasteiger partial charge < -0.3 is 5.73 Å². The quantitative estimate of drug-likeness (QED) is 0.880. The van der Waals surface area contributed by atoms with Crippen molar-refractivity contribution in [3.63, 3.8) is 0 Å². The molecule has 2 N–H and O–H groups in total. The fourth-order valence-corrected chi connectivity index (χ4v) is 3.23. The van der Waals surface area contributed by atoms with Crippen molar-refractivity contribution in [3.05, 3.63) is 59.7 Å². The zero-order chi connectivity index (χ0) is 14.0. The molecule has 0 heterocycles. The predicted molar refractivity (Wildman–Crippen MR) is 68.1 cm³/mol. The SMILES string of the molecule is Nc1cc(F)c(S(=O)(=O)Cc2ccccc2)c(F)c1. The Balaban J connectivity index is 2.46. The van der Waals surface area contributed by atoms with E-state index in [1.165, 1.54) is 0 Å². The van der Waals surface area contributed by atoms with Crippen LogP contribution in [0.5, 0.6) is 0 Å². The van der Waals surface area contributed by atoms with Crippen LogP contribution in [0.2, 0.25) is 0 Å². The van der Waals surface area contributed by atoms with E-state index in [-0.39, 0.29) is 5.69 Å². The van der Waals surface area contributed by atoms with Crippen LogP contribution in [-0.2, 0) is 15.6 Å². The summed E-state index contributed by atoms with van der Waals surface area (Å²) in [6, 6.07) is 9.76. The number of rotatable bonds is 3. The molecule has 0 radical (unpaired) electrons. The molecule has 0 atom stereocenters. The Bertz CT molecular complexity index is 677. The highest BCUT2D eigenvalue weighted by molar-refractivity contribution is 7.90. The standard InChI is InChI=1S/C13H11F2NO2S/c14-11-6-10(16)7-12(15)13(11)19(17,18)8-9-4-2-1-3-5-9/h1-7H,8,16H2. The Morgan fingerprint density at radius 2 is 1.53 bits per heavy atom. The third-order valence-electron chi connectivity index (χ3n) is 2.53. The third-order valence-corrected chi connectivity index (χ3v) is 4.26. The van der Waals surface area contributed by atoms with Gasteiger partial charge in [0.15, 0.2) is 9.84 Å². The second kappa shape index (κ2) is 4.97. The number of halogens is 2. The second-order valence-corrected chi connectivity index (χ2v) is 5.98. The van der Waals surface area contributed by atoms with Crippen molar-refractivity contribution in [2.75, 3.05) is 5.73 Å². The minimum Gasteiger partial charge on any atom is -0.399 e. The molecule has 0 amide bonds. The van der Waals surface area contributed by atoms with Crippen LogP contribution < -0.4 is 5.73 Å². The first-order valence-corrected chi connectivity index (χ1v) is 7.06. The van der Waals surface area contributed by atoms with Crippen LogP contribution in [-0.4, -0.2) is 8.42 Å². The highest BCUT2D eigenvalue weighted by Crippen LogP contribution is 2.25. The maximum atomic E-state index is 13.6. The van der Waals surface area contributed by atoms with Gasteiger partial charge in [-0.3, -0.25) is 0 Å². The minimum absolute atomic E-state index is 0.159. The van der Waals surface area contributed by atoms with Crippen LogP contribution in [0.15, 0.2) is 47.4 Å². The number of hydrogen-bond acceptors (Lipinski definition) is 3. The number of nitrogen functional groups attached to an aromatic ring is 1. The second-order valence-electron chi connectivity index (χ2n) is 4.06. The minimum atomic E-state index is -4.10. The van der Waals surface area contributed by atoms with Gasteiger partial charge in [0.1, 0.15) is 16.5 Å². The van der Waals surface area contributed by atoms with E-state index < -0.39 is 32.1 Å². The Hall–Kier alpha value is -1.95. The number of nitrogens with two attached hydrogens (primary N) is 1. The van der Waals surface area contributed by atoms with E-state index in [2.05, 4.69) is 0 Å². The van der Waals surface area contributed by atoms with Crippen molar-refractivity contribution >= 4 is 15.5 Å². The largest absolute Gasteiger partial charge is 0.399 e. The first-order chi connectivity index (χ1) is 8.90. The summed E-state index contributed by atoms with van der Waals surface area (Å²) < 4.78 is 51.3. The monoisotopic (exact) mass is 283 g/mol. The van der Waals surface area contributed by atoms with Crippen molar-refractivity contribution < 1.29 is 17.2 Å². The summed E-state index contributed by atoms with van der Waals surface area (Å²) in [6.07, 6.45) is 0. The fourth-order valence-electron chi connectivity index (χ4n) is 1.74. The average molecular weight is 283 g/mol. The summed E-state index contributed by atoms with van der Waals surface area (Å²) >= 11 is 0. The molecule has 0 spiro atoms. The lowest BCUT2D eigenvalue weighted by molar-refractivity contribution is 0.520. The zero-order valence-electron chi connectivity index (χ0n) is 9.81. The molecule has 100 valence electrons. The van der Waals surface area contributed by atoms with Crippen LogP contribution in [0.4, 0.5) is 14.5 Å². The Labute approximate surface area is 109 Å². The molecule has 0 aliphatic heterocycles. The van der Waals surface area contributed by atoms with Crippen molar-refractivity contribution in [1.82, 2.24) is 0 Å². The molecule has 2 aromatic rings. The lowest BCUT2D eigenvalue weighted by Crippen LogP contribution is -2.10. The fraction of sp³-hybridized carbons (Fsp3) is 0.0769. The maximum Gasteiger partial charge on any atom is 0.188 e. The van der Waals surface area contributed by atoms with Gasteiger partial charge in [0, 0.05) is 5.69 Å². The molecule has 0 bridgehead atoms. The molecule has 2 rings (SSSR count). The molecule has 3 nitrogen and oxygen atoms in total. The van der Waals surface area contributed by atoms with Gasteiger partial charge in [0.25, 0.3) is 0 Å². The Morgan fingerprint density at radius 3 is 2.05 bits per heavy atom. The van der Waals surface area contributed by atoms with Crippen LogP contribution in [0.3, 0.4) is 0 Å². The molecule has 0 saturated carbocycles. The summed E-state index contributed by atoms with van der Waals surface area (Å²) in [4.78, 5) is -0.939. The van der Waals surface area contributed by atoms with E-state index >= 15 is 0 Å². The summed E-state index contributed by atoms with van der Waals surface area (Å²) in [5.74, 6) is -2.81. The average Bonchev–Trinajstić information content (AvgIpc) is 2.27. The van der Waals surface area contributed by atoms with Gasteiger partial charge >= 0.3 is 0 Å². The van der Waals surface area contributed by atoms with E-state index in [9.17, 15) is 17.2 Å². The van der Waals surface area contributed by atoms with E-state index in [0.29, 0.717) is 5.56 Å². The summed E-state index contributed by atoms with van der Waals surface area (Å²) in [7, 11) is -4.10. The molecule has 0 aliphatic carbocycles. The number of benzene rings is 2. The molecule has 0 aliphatic rings. The summed E-state index contributed by atoms with van der Waals surface area (Å²) in [5, 5.41) is 0. The van der Waals surface area contributed by atoms with E-state index in [4.69, 9.17) is 5.73 Å². The lowest BCUT2D eigenvalue weighted by atomic mass is 10.2. The van der Waals surface area contributed by atoms with Gasteiger partial charge in [-0.25, -0.2) is 17.2 Å². The van der Waals surface area contributed by atoms with Crippen molar-refractivity contribution in [2.45, 2.75) is 10.6 Å². The van der Waals surface area contributed by atoms with Crippen molar-refractivity contribution in [2.24, 2.45) is 0 Å². The number of hydrogen-bond donors (Lipinski definition) is 1. The molecule has 2 aromatic carbocycles. The number of anilines is 1. The molecule has 6 heteroatoms. The lowest BCUT2D eigenvalue weighted by Gasteiger charge is -2.08. The van der Waals surface area contributed by atoms with Crippen LogP contribution in [0.25, 0.3) is 0 Å². The van der Waals surface area contributed by atoms with Crippen molar-refractivity contribution in [3.8, 4) is 0 Å². The van der Waals surface area contributed by atoms with Gasteiger partial charge in [-0.15, -0.1) is 0 Å². The van der Waals surface area contributed by atoms with Gasteiger partial charge in [-0.2, -0.15) is 0 Å². The highest BCUT2D eigenvalue weighted by Gasteiger charge is 2.24. The van der Waals surface area contributed by atoms with E-state index in [1.54, 1.807) is 30.3 Å². The smallest absolute Gasteiger partial charge is 0.188 e. The molecule has 19 heavy (non-hydrogen) atoms. The first kappa shape index (κ1) is 13.5. The molecular formula is C13H11F2NO2S. The van der Waals surface area contributed by atoms with Crippen molar-refractivity contribution in [1.29, 1.82) is 0 Å². The maximum absolute atomic E-state index is 13.6. The highest BCUT2D eigenvalue weighted by atomic mass is 32.2. The number of sulfone groups is 1. The topological polar surface area (TPSA) is 60.2 Å². The predicted octanol–water partition coefficient (Wildman–Crippen LogP) is 2.52. The Morgan fingerprint density at radius 1 is 1.00 bits per heavy atom. The van der Waals surface area contributed by atoms with Gasteiger partial charge in [0.2, 0.25) is 0 Å². The Kier molecular flexibility index (Phi) is 3.53. The van der Waals surface area contributed by atoms with Crippen LogP contribution in [0, 0.1) is 11.6 Å². The van der Waals surface area contributed by atoms with Crippen LogP contribution in [0.1, 0.15) is 5.56 Å². The molecule has 0 aromatic heterocycles. The van der Waals surface area contributed by atoms with Crippen LogP contribution >= 0.6 is 0 Å². The molecule has 0 saturated heterocycles. The van der Waals surface area contributed by atoms with Gasteiger partial charge in [-0.1, -0.05) is 30.3 Å². The molecule has 0 unspecified atom stereocenters. The summed E-state index contributed by atoms with van der Waals surface area (Å²) in [5.41, 5.74) is 5.55. The van der Waals surface area contributed by atoms with Gasteiger partial charge in [0.05, 0.1) is 5.75 Å². The van der Waals surface area contributed by atoms with E-state index in [1.807, 2.05) is 0 Å². The zero-order valence-corrected chi connectivity index (χ0v) is 10.6.